The summed E-state index contributed by atoms with van der Waals surface area (Å²) in [6.07, 6.45) is 12.0. The molecule has 1 N–H and O–H groups in total. The third-order valence-corrected chi connectivity index (χ3v) is 3.56. The van der Waals surface area contributed by atoms with Crippen molar-refractivity contribution in [2.24, 2.45) is 0 Å². The first-order valence-corrected chi connectivity index (χ1v) is 6.84. The van der Waals surface area contributed by atoms with Crippen molar-refractivity contribution >= 4 is 0 Å². The van der Waals surface area contributed by atoms with Crippen LogP contribution in [-0.2, 0) is 0 Å². The van der Waals surface area contributed by atoms with Crippen LogP contribution in [0.1, 0.15) is 51.4 Å². The Morgan fingerprint density at radius 2 is 2.12 bits per heavy atom. The van der Waals surface area contributed by atoms with Gasteiger partial charge in [-0.3, -0.25) is 0 Å². The molecule has 94 valence electrons. The van der Waals surface area contributed by atoms with E-state index in [2.05, 4.69) is 11.5 Å². The number of allylic oxidation sites excluding steroid dienone is 1. The summed E-state index contributed by atoms with van der Waals surface area (Å²) in [5, 5.41) is 9.04. The molecule has 0 aromatic rings. The van der Waals surface area contributed by atoms with Gasteiger partial charge in [0.2, 0.25) is 0 Å². The number of nitrogens with zero attached hydrogens (tertiary/aromatic N) is 1. The van der Waals surface area contributed by atoms with Crippen LogP contribution in [0.2, 0.25) is 0 Å². The van der Waals surface area contributed by atoms with Crippen LogP contribution in [-0.4, -0.2) is 35.7 Å². The Bertz CT molecular complexity index is 180. The van der Waals surface area contributed by atoms with E-state index in [0.29, 0.717) is 12.6 Å². The molecule has 0 amide bonds. The van der Waals surface area contributed by atoms with E-state index in [4.69, 9.17) is 5.11 Å². The fraction of sp³-hybridized carbons (Fsp3) is 0.857. The van der Waals surface area contributed by atoms with E-state index in [-0.39, 0.29) is 0 Å². The Hall–Kier alpha value is -0.340. The first kappa shape index (κ1) is 13.7. The van der Waals surface area contributed by atoms with Crippen LogP contribution in [0.3, 0.4) is 0 Å². The number of unbranched alkanes of at least 4 members (excludes halogenated alkanes) is 3. The van der Waals surface area contributed by atoms with Crippen LogP contribution in [0.15, 0.2) is 12.7 Å². The molecular weight excluding hydrogens is 198 g/mol. The lowest BCUT2D eigenvalue weighted by Crippen LogP contribution is -2.40. The minimum absolute atomic E-state index is 0.345. The van der Waals surface area contributed by atoms with Gasteiger partial charge in [0.15, 0.2) is 0 Å². The lowest BCUT2D eigenvalue weighted by atomic mass is 9.99. The van der Waals surface area contributed by atoms with Gasteiger partial charge in [0.25, 0.3) is 0 Å². The molecule has 16 heavy (non-hydrogen) atoms. The van der Waals surface area contributed by atoms with Crippen molar-refractivity contribution in [1.29, 1.82) is 0 Å². The van der Waals surface area contributed by atoms with Crippen molar-refractivity contribution in [3.63, 3.8) is 0 Å². The fourth-order valence-corrected chi connectivity index (χ4v) is 2.61. The molecule has 0 radical (unpaired) electrons. The summed E-state index contributed by atoms with van der Waals surface area (Å²) in [5.41, 5.74) is 0. The smallest absolute Gasteiger partial charge is 0.0445 e. The molecule has 0 aromatic heterocycles. The molecular formula is C14H27NO. The second-order valence-corrected chi connectivity index (χ2v) is 4.84. The van der Waals surface area contributed by atoms with Crippen molar-refractivity contribution in [1.82, 2.24) is 4.90 Å². The molecule has 1 atom stereocenters. The predicted octanol–water partition coefficient (Wildman–Crippen LogP) is 2.97. The zero-order chi connectivity index (χ0) is 11.6. The van der Waals surface area contributed by atoms with Gasteiger partial charge >= 0.3 is 0 Å². The highest BCUT2D eigenvalue weighted by Crippen LogP contribution is 2.20. The zero-order valence-electron chi connectivity index (χ0n) is 10.5. The Morgan fingerprint density at radius 1 is 1.25 bits per heavy atom. The third-order valence-electron chi connectivity index (χ3n) is 3.56. The maximum atomic E-state index is 9.04. The van der Waals surface area contributed by atoms with Gasteiger partial charge in [-0.25, -0.2) is 0 Å². The van der Waals surface area contributed by atoms with Crippen LogP contribution in [0, 0.1) is 0 Å². The average Bonchev–Trinajstić information content (AvgIpc) is 2.31. The second kappa shape index (κ2) is 8.77. The van der Waals surface area contributed by atoms with Gasteiger partial charge < -0.3 is 10.0 Å². The number of aliphatic hydroxyl groups is 1. The zero-order valence-corrected chi connectivity index (χ0v) is 10.5. The summed E-state index contributed by atoms with van der Waals surface area (Å²) in [5.74, 6) is 0. The lowest BCUT2D eigenvalue weighted by molar-refractivity contribution is 0.117. The summed E-state index contributed by atoms with van der Waals surface area (Å²) >= 11 is 0. The third kappa shape index (κ3) is 5.13. The van der Waals surface area contributed by atoms with Crippen LogP contribution >= 0.6 is 0 Å². The molecule has 2 nitrogen and oxygen atoms in total. The monoisotopic (exact) mass is 225 g/mol. The van der Waals surface area contributed by atoms with Crippen molar-refractivity contribution in [2.75, 3.05) is 19.7 Å². The largest absolute Gasteiger partial charge is 0.396 e. The molecule has 1 unspecified atom stereocenters. The molecule has 0 aliphatic carbocycles. The highest BCUT2D eigenvalue weighted by molar-refractivity contribution is 4.76. The number of piperidine rings is 1. The molecule has 1 fully saturated rings. The number of hydrogen-bond acceptors (Lipinski definition) is 2. The summed E-state index contributed by atoms with van der Waals surface area (Å²) in [4.78, 5) is 2.59. The van der Waals surface area contributed by atoms with E-state index >= 15 is 0 Å². The van der Waals surface area contributed by atoms with Gasteiger partial charge in [0, 0.05) is 12.6 Å². The first-order chi connectivity index (χ1) is 7.88. The molecule has 0 saturated carbocycles. The highest BCUT2D eigenvalue weighted by Gasteiger charge is 2.20. The molecule has 1 saturated heterocycles. The van der Waals surface area contributed by atoms with Gasteiger partial charge in [0.1, 0.15) is 0 Å². The highest BCUT2D eigenvalue weighted by atomic mass is 16.3. The van der Waals surface area contributed by atoms with Crippen LogP contribution in [0.25, 0.3) is 0 Å². The van der Waals surface area contributed by atoms with E-state index in [1.54, 1.807) is 0 Å². The van der Waals surface area contributed by atoms with E-state index in [1.165, 1.54) is 51.6 Å². The molecule has 0 spiro atoms. The molecule has 1 aliphatic rings. The minimum atomic E-state index is 0.345. The Labute approximate surface area is 100 Å². The molecule has 0 aromatic carbocycles. The van der Waals surface area contributed by atoms with Gasteiger partial charge in [-0.15, -0.1) is 6.58 Å². The fourth-order valence-electron chi connectivity index (χ4n) is 2.61. The Balaban J connectivity index is 2.13. The normalized spacial score (nSPS) is 22.2. The number of aliphatic hydroxyl groups excluding tert-OH is 1. The van der Waals surface area contributed by atoms with Gasteiger partial charge in [-0.05, 0) is 51.6 Å². The maximum Gasteiger partial charge on any atom is 0.0445 e. The quantitative estimate of drug-likeness (QED) is 0.507. The topological polar surface area (TPSA) is 23.5 Å². The summed E-state index contributed by atoms with van der Waals surface area (Å²) in [7, 11) is 0. The molecule has 1 rings (SSSR count). The van der Waals surface area contributed by atoms with E-state index < -0.39 is 0 Å². The van der Waals surface area contributed by atoms with Crippen LogP contribution in [0.4, 0.5) is 0 Å². The Morgan fingerprint density at radius 3 is 2.88 bits per heavy atom. The SMILES string of the molecule is C=CCCCCCN1CCCCC1CCO. The van der Waals surface area contributed by atoms with Crippen molar-refractivity contribution in [2.45, 2.75) is 57.4 Å². The number of likely N-dealkylation sites (tertiary alicyclic amines) is 1. The van der Waals surface area contributed by atoms with Crippen molar-refractivity contribution < 1.29 is 5.11 Å². The summed E-state index contributed by atoms with van der Waals surface area (Å²) in [6.45, 7) is 6.56. The number of rotatable bonds is 8. The lowest BCUT2D eigenvalue weighted by Gasteiger charge is -2.35. The predicted molar refractivity (Wildman–Crippen MR) is 69.6 cm³/mol. The average molecular weight is 225 g/mol. The second-order valence-electron chi connectivity index (χ2n) is 4.84. The first-order valence-electron chi connectivity index (χ1n) is 6.84. The minimum Gasteiger partial charge on any atom is -0.396 e. The molecule has 1 aliphatic heterocycles. The summed E-state index contributed by atoms with van der Waals surface area (Å²) < 4.78 is 0. The van der Waals surface area contributed by atoms with Gasteiger partial charge in [0.05, 0.1) is 0 Å². The molecule has 0 bridgehead atoms. The standard InChI is InChI=1S/C14H27NO/c1-2-3-4-5-7-11-15-12-8-6-9-14(15)10-13-16/h2,14,16H,1,3-13H2. The molecule has 2 heteroatoms. The van der Waals surface area contributed by atoms with Gasteiger partial charge in [-0.2, -0.15) is 0 Å². The summed E-state index contributed by atoms with van der Waals surface area (Å²) in [6, 6.07) is 0.651. The van der Waals surface area contributed by atoms with E-state index in [0.717, 1.165) is 12.8 Å². The van der Waals surface area contributed by atoms with Crippen LogP contribution < -0.4 is 0 Å². The van der Waals surface area contributed by atoms with E-state index in [1.807, 2.05) is 6.08 Å². The van der Waals surface area contributed by atoms with Crippen LogP contribution in [0.5, 0.6) is 0 Å². The Kier molecular flexibility index (Phi) is 7.52. The van der Waals surface area contributed by atoms with Crippen molar-refractivity contribution in [3.8, 4) is 0 Å². The van der Waals surface area contributed by atoms with E-state index in [9.17, 15) is 0 Å². The maximum absolute atomic E-state index is 9.04. The molecule has 1 heterocycles. The van der Waals surface area contributed by atoms with Gasteiger partial charge in [-0.1, -0.05) is 18.9 Å². The number of hydrogen-bond donors (Lipinski definition) is 1. The van der Waals surface area contributed by atoms with Crippen molar-refractivity contribution in [3.05, 3.63) is 12.7 Å².